The van der Waals surface area contributed by atoms with Crippen LogP contribution < -0.4 is 0 Å². The van der Waals surface area contributed by atoms with E-state index in [1.54, 1.807) is 0 Å². The molecule has 0 saturated heterocycles. The molecule has 4 heteroatoms. The highest BCUT2D eigenvalue weighted by Gasteiger charge is 2.13. The van der Waals surface area contributed by atoms with Crippen LogP contribution in [0.15, 0.2) is 156 Å². The van der Waals surface area contributed by atoms with E-state index in [1.807, 2.05) is 48.7 Å². The molecular weight excluding hydrogens is 550 g/mol. The standard InChI is InChI=1S/C41H25N3O/c1-2-7-30(8-3-1)41-44-37-23-19-31(25-38(37)45-41)26-12-14-27(15-13-26)32-20-21-35(34-11-5-4-10-33(32)34)36-22-18-29-17-16-28-9-6-24-42-39(28)40(29)43-36/h1-25H. The second-order valence-electron chi connectivity index (χ2n) is 11.3. The van der Waals surface area contributed by atoms with Crippen molar-refractivity contribution in [1.82, 2.24) is 15.0 Å². The molecule has 0 radical (unpaired) electrons. The molecule has 0 N–H and O–H groups in total. The van der Waals surface area contributed by atoms with Crippen molar-refractivity contribution in [1.29, 1.82) is 0 Å². The van der Waals surface area contributed by atoms with Crippen molar-refractivity contribution in [3.63, 3.8) is 0 Å². The van der Waals surface area contributed by atoms with Gasteiger partial charge in [0.05, 0.1) is 16.7 Å². The highest BCUT2D eigenvalue weighted by molar-refractivity contribution is 6.07. The Balaban J connectivity index is 1.09. The summed E-state index contributed by atoms with van der Waals surface area (Å²) in [5.74, 6) is 0.636. The van der Waals surface area contributed by atoms with Crippen LogP contribution in [0, 0.1) is 0 Å². The summed E-state index contributed by atoms with van der Waals surface area (Å²) in [4.78, 5) is 14.5. The lowest BCUT2D eigenvalue weighted by molar-refractivity contribution is 0.620. The largest absolute Gasteiger partial charge is 0.436 e. The van der Waals surface area contributed by atoms with Crippen LogP contribution in [0.25, 0.3) is 88.6 Å². The molecule has 0 atom stereocenters. The van der Waals surface area contributed by atoms with Crippen LogP contribution in [0.2, 0.25) is 0 Å². The Morgan fingerprint density at radius 3 is 1.98 bits per heavy atom. The van der Waals surface area contributed by atoms with E-state index in [9.17, 15) is 0 Å². The first-order valence-electron chi connectivity index (χ1n) is 15.0. The summed E-state index contributed by atoms with van der Waals surface area (Å²) in [6.45, 7) is 0. The summed E-state index contributed by atoms with van der Waals surface area (Å²) < 4.78 is 6.13. The maximum atomic E-state index is 6.13. The van der Waals surface area contributed by atoms with Gasteiger partial charge in [-0.2, -0.15) is 0 Å². The first-order chi connectivity index (χ1) is 22.3. The highest BCUT2D eigenvalue weighted by Crippen LogP contribution is 2.37. The van der Waals surface area contributed by atoms with Crippen LogP contribution in [-0.2, 0) is 0 Å². The second kappa shape index (κ2) is 10.2. The molecule has 6 aromatic carbocycles. The molecule has 0 aliphatic rings. The molecule has 0 aliphatic carbocycles. The van der Waals surface area contributed by atoms with Crippen LogP contribution in [0.4, 0.5) is 0 Å². The number of fused-ring (bicyclic) bond motifs is 5. The Hall–Kier alpha value is -6.13. The zero-order valence-electron chi connectivity index (χ0n) is 24.2. The smallest absolute Gasteiger partial charge is 0.227 e. The van der Waals surface area contributed by atoms with Gasteiger partial charge in [0.25, 0.3) is 0 Å². The molecular formula is C41H25N3O. The molecule has 45 heavy (non-hydrogen) atoms. The number of rotatable bonds is 4. The minimum Gasteiger partial charge on any atom is -0.436 e. The summed E-state index contributed by atoms with van der Waals surface area (Å²) in [5.41, 5.74) is 11.1. The van der Waals surface area contributed by atoms with E-state index in [-0.39, 0.29) is 0 Å². The number of hydrogen-bond donors (Lipinski definition) is 0. The molecule has 0 bridgehead atoms. The minimum absolute atomic E-state index is 0.636. The Kier molecular flexibility index (Phi) is 5.78. The fraction of sp³-hybridized carbons (Fsp3) is 0. The molecule has 0 aliphatic heterocycles. The molecule has 0 unspecified atom stereocenters. The van der Waals surface area contributed by atoms with Crippen LogP contribution in [0.1, 0.15) is 0 Å². The monoisotopic (exact) mass is 575 g/mol. The summed E-state index contributed by atoms with van der Waals surface area (Å²) >= 11 is 0. The third-order valence-electron chi connectivity index (χ3n) is 8.57. The van der Waals surface area contributed by atoms with E-state index in [0.717, 1.165) is 66.4 Å². The Morgan fingerprint density at radius 2 is 1.13 bits per heavy atom. The summed E-state index contributed by atoms with van der Waals surface area (Å²) in [5, 5.41) is 4.54. The molecule has 0 spiro atoms. The lowest BCUT2D eigenvalue weighted by Crippen LogP contribution is -1.91. The van der Waals surface area contributed by atoms with Gasteiger partial charge < -0.3 is 4.42 Å². The quantitative estimate of drug-likeness (QED) is 0.196. The SMILES string of the molecule is c1ccc(-c2nc3ccc(-c4ccc(-c5ccc(-c6ccc7ccc8cccnc8c7n6)c6ccccc56)cc4)cc3o2)cc1. The Bertz CT molecular complexity index is 2530. The maximum Gasteiger partial charge on any atom is 0.227 e. The van der Waals surface area contributed by atoms with Crippen molar-refractivity contribution in [3.8, 4) is 45.0 Å². The summed E-state index contributed by atoms with van der Waals surface area (Å²) in [7, 11) is 0. The van der Waals surface area contributed by atoms with Gasteiger partial charge in [0.15, 0.2) is 5.58 Å². The maximum absolute atomic E-state index is 6.13. The van der Waals surface area contributed by atoms with Gasteiger partial charge in [-0.1, -0.05) is 109 Å². The molecule has 210 valence electrons. The van der Waals surface area contributed by atoms with Gasteiger partial charge in [-0.25, -0.2) is 9.97 Å². The average molecular weight is 576 g/mol. The molecule has 4 nitrogen and oxygen atoms in total. The Morgan fingerprint density at radius 1 is 0.444 bits per heavy atom. The van der Waals surface area contributed by atoms with Gasteiger partial charge in [0.2, 0.25) is 5.89 Å². The van der Waals surface area contributed by atoms with Crippen LogP contribution in [0.5, 0.6) is 0 Å². The van der Waals surface area contributed by atoms with E-state index in [2.05, 4.69) is 113 Å². The first kappa shape index (κ1) is 25.4. The molecule has 9 aromatic rings. The number of pyridine rings is 2. The van der Waals surface area contributed by atoms with Gasteiger partial charge in [0, 0.05) is 28.1 Å². The molecule has 0 saturated carbocycles. The van der Waals surface area contributed by atoms with Crippen LogP contribution in [0.3, 0.4) is 0 Å². The number of aromatic nitrogens is 3. The van der Waals surface area contributed by atoms with E-state index < -0.39 is 0 Å². The van der Waals surface area contributed by atoms with E-state index in [0.29, 0.717) is 5.89 Å². The van der Waals surface area contributed by atoms with E-state index in [4.69, 9.17) is 9.40 Å². The van der Waals surface area contributed by atoms with Gasteiger partial charge in [-0.05, 0) is 69.4 Å². The fourth-order valence-electron chi connectivity index (χ4n) is 6.30. The number of hydrogen-bond acceptors (Lipinski definition) is 4. The number of benzene rings is 6. The van der Waals surface area contributed by atoms with Crippen LogP contribution >= 0.6 is 0 Å². The van der Waals surface area contributed by atoms with Crippen molar-refractivity contribution < 1.29 is 4.42 Å². The van der Waals surface area contributed by atoms with Crippen molar-refractivity contribution >= 4 is 43.7 Å². The van der Waals surface area contributed by atoms with Gasteiger partial charge >= 0.3 is 0 Å². The van der Waals surface area contributed by atoms with Gasteiger partial charge in [0.1, 0.15) is 5.52 Å². The van der Waals surface area contributed by atoms with Crippen molar-refractivity contribution in [2.24, 2.45) is 0 Å². The van der Waals surface area contributed by atoms with Crippen molar-refractivity contribution in [2.45, 2.75) is 0 Å². The van der Waals surface area contributed by atoms with Crippen LogP contribution in [-0.4, -0.2) is 15.0 Å². The van der Waals surface area contributed by atoms with Gasteiger partial charge in [-0.15, -0.1) is 0 Å². The third kappa shape index (κ3) is 4.35. The summed E-state index contributed by atoms with van der Waals surface area (Å²) in [6.07, 6.45) is 1.83. The lowest BCUT2D eigenvalue weighted by Gasteiger charge is -2.13. The molecule has 0 fully saturated rings. The highest BCUT2D eigenvalue weighted by atomic mass is 16.3. The van der Waals surface area contributed by atoms with E-state index >= 15 is 0 Å². The number of oxazole rings is 1. The molecule has 3 heterocycles. The van der Waals surface area contributed by atoms with Crippen molar-refractivity contribution in [3.05, 3.63) is 152 Å². The average Bonchev–Trinajstić information content (AvgIpc) is 3.55. The van der Waals surface area contributed by atoms with Crippen molar-refractivity contribution in [2.75, 3.05) is 0 Å². The Labute approximate surface area is 259 Å². The lowest BCUT2D eigenvalue weighted by atomic mass is 9.92. The second-order valence-corrected chi connectivity index (χ2v) is 11.3. The normalized spacial score (nSPS) is 11.6. The van der Waals surface area contributed by atoms with Gasteiger partial charge in [-0.3, -0.25) is 4.98 Å². The first-order valence-corrected chi connectivity index (χ1v) is 15.0. The van der Waals surface area contributed by atoms with E-state index in [1.165, 1.54) is 16.3 Å². The number of nitrogens with zero attached hydrogens (tertiary/aromatic N) is 3. The zero-order chi connectivity index (χ0) is 29.7. The minimum atomic E-state index is 0.636. The topological polar surface area (TPSA) is 51.8 Å². The molecule has 9 rings (SSSR count). The predicted octanol–water partition coefficient (Wildman–Crippen LogP) is 10.7. The zero-order valence-corrected chi connectivity index (χ0v) is 24.2. The molecule has 3 aromatic heterocycles. The predicted molar refractivity (Wildman–Crippen MR) is 184 cm³/mol. The third-order valence-corrected chi connectivity index (χ3v) is 8.57. The molecule has 0 amide bonds. The fourth-order valence-corrected chi connectivity index (χ4v) is 6.30. The summed E-state index contributed by atoms with van der Waals surface area (Å²) in [6, 6.07) is 50.5.